The Morgan fingerprint density at radius 3 is 2.40 bits per heavy atom. The van der Waals surface area contributed by atoms with Crippen molar-refractivity contribution in [3.63, 3.8) is 0 Å². The predicted octanol–water partition coefficient (Wildman–Crippen LogP) is 0.886. The van der Waals surface area contributed by atoms with Crippen LogP contribution in [0, 0.1) is 0 Å². The molecule has 1 atom stereocenters. The van der Waals surface area contributed by atoms with E-state index in [9.17, 15) is 4.79 Å². The zero-order chi connectivity index (χ0) is 14.7. The molecule has 20 heavy (non-hydrogen) atoms. The van der Waals surface area contributed by atoms with E-state index in [0.717, 1.165) is 6.42 Å². The van der Waals surface area contributed by atoms with Crippen LogP contribution in [-0.2, 0) is 0 Å². The highest BCUT2D eigenvalue weighted by Crippen LogP contribution is 2.40. The van der Waals surface area contributed by atoms with Crippen LogP contribution in [0.4, 0.5) is 0 Å². The molecule has 6 nitrogen and oxygen atoms in total. The maximum atomic E-state index is 12.5. The minimum atomic E-state index is -0.101. The monoisotopic (exact) mass is 280 g/mol. The van der Waals surface area contributed by atoms with E-state index >= 15 is 0 Å². The van der Waals surface area contributed by atoms with Gasteiger partial charge in [0, 0.05) is 19.1 Å². The van der Waals surface area contributed by atoms with Crippen molar-refractivity contribution in [2.75, 3.05) is 34.4 Å². The summed E-state index contributed by atoms with van der Waals surface area (Å²) in [5, 5.41) is 0. The summed E-state index contributed by atoms with van der Waals surface area (Å²) in [7, 11) is 4.56. The molecule has 1 aliphatic rings. The number of likely N-dealkylation sites (tertiary alicyclic amines) is 1. The molecule has 1 saturated heterocycles. The highest BCUT2D eigenvalue weighted by molar-refractivity contribution is 5.98. The van der Waals surface area contributed by atoms with E-state index in [-0.39, 0.29) is 11.9 Å². The number of ether oxygens (including phenoxy) is 3. The Balaban J connectivity index is 2.38. The van der Waals surface area contributed by atoms with E-state index in [2.05, 4.69) is 0 Å². The second-order valence-corrected chi connectivity index (χ2v) is 4.68. The number of carbonyl (C=O) groups excluding carboxylic acids is 1. The molecule has 1 heterocycles. The minimum absolute atomic E-state index is 0.0464. The third kappa shape index (κ3) is 2.51. The highest BCUT2D eigenvalue weighted by Gasteiger charge is 2.28. The smallest absolute Gasteiger partial charge is 0.257 e. The molecule has 1 aromatic carbocycles. The Labute approximate surface area is 118 Å². The Morgan fingerprint density at radius 2 is 1.90 bits per heavy atom. The van der Waals surface area contributed by atoms with Crippen molar-refractivity contribution in [3.8, 4) is 17.2 Å². The molecular weight excluding hydrogens is 260 g/mol. The molecule has 0 spiro atoms. The number of carbonyl (C=O) groups is 1. The molecule has 0 bridgehead atoms. The van der Waals surface area contributed by atoms with Crippen molar-refractivity contribution in [2.45, 2.75) is 12.5 Å². The molecule has 0 aromatic heterocycles. The minimum Gasteiger partial charge on any atom is -0.493 e. The van der Waals surface area contributed by atoms with Crippen molar-refractivity contribution in [3.05, 3.63) is 17.7 Å². The number of nitrogens with two attached hydrogens (primary N) is 1. The molecule has 1 aliphatic heterocycles. The number of rotatable bonds is 4. The topological polar surface area (TPSA) is 74.0 Å². The zero-order valence-corrected chi connectivity index (χ0v) is 12.0. The Kier molecular flexibility index (Phi) is 4.34. The van der Waals surface area contributed by atoms with Crippen molar-refractivity contribution < 1.29 is 19.0 Å². The largest absolute Gasteiger partial charge is 0.493 e. The number of hydrogen-bond donors (Lipinski definition) is 1. The predicted molar refractivity (Wildman–Crippen MR) is 74.6 cm³/mol. The van der Waals surface area contributed by atoms with Crippen LogP contribution < -0.4 is 19.9 Å². The standard InChI is InChI=1S/C14H20N2O4/c1-18-11-5-4-10(12(19-2)13(11)20-3)14(17)16-7-6-9(15)8-16/h4-5,9H,6-8,15H2,1-3H3. The maximum absolute atomic E-state index is 12.5. The fraction of sp³-hybridized carbons (Fsp3) is 0.500. The summed E-state index contributed by atoms with van der Waals surface area (Å²) in [6.45, 7) is 1.23. The lowest BCUT2D eigenvalue weighted by molar-refractivity contribution is 0.0786. The summed E-state index contributed by atoms with van der Waals surface area (Å²) >= 11 is 0. The summed E-state index contributed by atoms with van der Waals surface area (Å²) in [4.78, 5) is 14.3. The Hall–Kier alpha value is -1.95. The van der Waals surface area contributed by atoms with Crippen molar-refractivity contribution in [1.82, 2.24) is 4.90 Å². The Bertz CT molecular complexity index is 504. The van der Waals surface area contributed by atoms with Gasteiger partial charge in [-0.15, -0.1) is 0 Å². The molecule has 0 aliphatic carbocycles. The third-order valence-electron chi connectivity index (χ3n) is 3.45. The van der Waals surface area contributed by atoms with Gasteiger partial charge in [0.05, 0.1) is 26.9 Å². The van der Waals surface area contributed by atoms with Gasteiger partial charge in [-0.25, -0.2) is 0 Å². The first-order chi connectivity index (χ1) is 9.62. The van der Waals surface area contributed by atoms with Gasteiger partial charge in [-0.2, -0.15) is 0 Å². The molecule has 1 fully saturated rings. The van der Waals surface area contributed by atoms with E-state index in [1.54, 1.807) is 17.0 Å². The average molecular weight is 280 g/mol. The van der Waals surface area contributed by atoms with Crippen molar-refractivity contribution in [2.24, 2.45) is 5.73 Å². The maximum Gasteiger partial charge on any atom is 0.257 e. The summed E-state index contributed by atoms with van der Waals surface area (Å²) in [6, 6.07) is 3.43. The van der Waals surface area contributed by atoms with Gasteiger partial charge in [-0.05, 0) is 18.6 Å². The highest BCUT2D eigenvalue weighted by atomic mass is 16.5. The summed E-state index contributed by atoms with van der Waals surface area (Å²) < 4.78 is 15.8. The summed E-state index contributed by atoms with van der Waals surface area (Å²) in [5.41, 5.74) is 6.30. The summed E-state index contributed by atoms with van der Waals surface area (Å²) in [5.74, 6) is 1.23. The van der Waals surface area contributed by atoms with Crippen LogP contribution in [-0.4, -0.2) is 51.3 Å². The number of amides is 1. The first-order valence-corrected chi connectivity index (χ1v) is 6.46. The van der Waals surface area contributed by atoms with Gasteiger partial charge < -0.3 is 24.8 Å². The molecule has 110 valence electrons. The van der Waals surface area contributed by atoms with Crippen LogP contribution in [0.1, 0.15) is 16.8 Å². The number of benzene rings is 1. The van der Waals surface area contributed by atoms with E-state index < -0.39 is 0 Å². The zero-order valence-electron chi connectivity index (χ0n) is 12.0. The van der Waals surface area contributed by atoms with E-state index in [0.29, 0.717) is 35.9 Å². The summed E-state index contributed by atoms with van der Waals surface area (Å²) in [6.07, 6.45) is 0.821. The molecule has 0 radical (unpaired) electrons. The van der Waals surface area contributed by atoms with Crippen LogP contribution in [0.15, 0.2) is 12.1 Å². The molecule has 2 rings (SSSR count). The van der Waals surface area contributed by atoms with Gasteiger partial charge in [0.15, 0.2) is 11.5 Å². The molecule has 2 N–H and O–H groups in total. The third-order valence-corrected chi connectivity index (χ3v) is 3.45. The van der Waals surface area contributed by atoms with E-state index in [1.165, 1.54) is 21.3 Å². The van der Waals surface area contributed by atoms with Crippen LogP contribution in [0.2, 0.25) is 0 Å². The first kappa shape index (κ1) is 14.5. The van der Waals surface area contributed by atoms with Crippen LogP contribution >= 0.6 is 0 Å². The van der Waals surface area contributed by atoms with Crippen LogP contribution in [0.3, 0.4) is 0 Å². The van der Waals surface area contributed by atoms with Gasteiger partial charge in [-0.3, -0.25) is 4.79 Å². The quantitative estimate of drug-likeness (QED) is 0.886. The number of methoxy groups -OCH3 is 3. The van der Waals surface area contributed by atoms with Gasteiger partial charge in [0.1, 0.15) is 0 Å². The fourth-order valence-electron chi connectivity index (χ4n) is 2.41. The number of hydrogen-bond acceptors (Lipinski definition) is 5. The van der Waals surface area contributed by atoms with Gasteiger partial charge in [-0.1, -0.05) is 0 Å². The lowest BCUT2D eigenvalue weighted by Crippen LogP contribution is -2.32. The Morgan fingerprint density at radius 1 is 1.20 bits per heavy atom. The average Bonchev–Trinajstić information content (AvgIpc) is 2.91. The SMILES string of the molecule is COc1ccc(C(=O)N2CCC(N)C2)c(OC)c1OC. The molecule has 0 saturated carbocycles. The first-order valence-electron chi connectivity index (χ1n) is 6.46. The van der Waals surface area contributed by atoms with E-state index in [4.69, 9.17) is 19.9 Å². The van der Waals surface area contributed by atoms with Gasteiger partial charge >= 0.3 is 0 Å². The van der Waals surface area contributed by atoms with Crippen LogP contribution in [0.5, 0.6) is 17.2 Å². The van der Waals surface area contributed by atoms with Crippen molar-refractivity contribution >= 4 is 5.91 Å². The van der Waals surface area contributed by atoms with Crippen LogP contribution in [0.25, 0.3) is 0 Å². The second-order valence-electron chi connectivity index (χ2n) is 4.68. The molecule has 1 unspecified atom stereocenters. The molecular formula is C14H20N2O4. The normalized spacial score (nSPS) is 18.0. The lowest BCUT2D eigenvalue weighted by Gasteiger charge is -2.20. The van der Waals surface area contributed by atoms with Gasteiger partial charge in [0.25, 0.3) is 5.91 Å². The molecule has 6 heteroatoms. The second kappa shape index (κ2) is 6.00. The van der Waals surface area contributed by atoms with E-state index in [1.807, 2.05) is 0 Å². The van der Waals surface area contributed by atoms with Gasteiger partial charge in [0.2, 0.25) is 5.75 Å². The molecule has 1 amide bonds. The number of nitrogens with zero attached hydrogens (tertiary/aromatic N) is 1. The fourth-order valence-corrected chi connectivity index (χ4v) is 2.41. The van der Waals surface area contributed by atoms with Crippen molar-refractivity contribution in [1.29, 1.82) is 0 Å². The molecule has 1 aromatic rings. The lowest BCUT2D eigenvalue weighted by atomic mass is 10.1.